The molecule has 0 aromatic carbocycles. The van der Waals surface area contributed by atoms with Gasteiger partial charge in [0.05, 0.1) is 18.3 Å². The number of piperazine rings is 1. The van der Waals surface area contributed by atoms with Crippen LogP contribution in [0.2, 0.25) is 0 Å². The number of nitrogens with two attached hydrogens (primary N) is 1. The molecule has 0 bridgehead atoms. The molecule has 2 heterocycles. The summed E-state index contributed by atoms with van der Waals surface area (Å²) < 4.78 is 0. The summed E-state index contributed by atoms with van der Waals surface area (Å²) in [7, 11) is 0. The predicted molar refractivity (Wildman–Crippen MR) is 61.7 cm³/mol. The van der Waals surface area contributed by atoms with Gasteiger partial charge in [0.2, 0.25) is 11.8 Å². The molecular formula is C11H14N4O2. The van der Waals surface area contributed by atoms with Gasteiger partial charge in [-0.2, -0.15) is 0 Å². The van der Waals surface area contributed by atoms with E-state index in [1.165, 1.54) is 0 Å². The van der Waals surface area contributed by atoms with Crippen molar-refractivity contribution in [2.75, 3.05) is 12.3 Å². The maximum Gasteiger partial charge on any atom is 0.243 e. The van der Waals surface area contributed by atoms with E-state index in [-0.39, 0.29) is 24.4 Å². The van der Waals surface area contributed by atoms with Gasteiger partial charge in [-0.25, -0.2) is 4.98 Å². The predicted octanol–water partition coefficient (Wildman–Crippen LogP) is -0.489. The van der Waals surface area contributed by atoms with Gasteiger partial charge in [-0.05, 0) is 19.1 Å². The second-order valence-electron chi connectivity index (χ2n) is 4.05. The molecule has 0 saturated carbocycles. The molecule has 0 radical (unpaired) electrons. The average Bonchev–Trinajstić information content (AvgIpc) is 2.25. The summed E-state index contributed by atoms with van der Waals surface area (Å²) in [6, 6.07) is 4.98. The number of nitrogens with zero attached hydrogens (tertiary/aromatic N) is 2. The number of hydrogen-bond acceptors (Lipinski definition) is 5. The first-order chi connectivity index (χ1) is 8.06. The zero-order valence-corrected chi connectivity index (χ0v) is 9.51. The average molecular weight is 234 g/mol. The van der Waals surface area contributed by atoms with Crippen LogP contribution in [0.15, 0.2) is 18.2 Å². The van der Waals surface area contributed by atoms with Crippen LogP contribution in [-0.2, 0) is 16.1 Å². The van der Waals surface area contributed by atoms with Crippen LogP contribution in [-0.4, -0.2) is 34.3 Å². The summed E-state index contributed by atoms with van der Waals surface area (Å²) in [5, 5.41) is 2.29. The van der Waals surface area contributed by atoms with Crippen molar-refractivity contribution in [1.29, 1.82) is 0 Å². The number of hydrogen-bond donors (Lipinski definition) is 2. The first-order valence-electron chi connectivity index (χ1n) is 5.35. The Balaban J connectivity index is 2.12. The van der Waals surface area contributed by atoms with E-state index in [1.807, 2.05) is 6.07 Å². The fraction of sp³-hybridized carbons (Fsp3) is 0.364. The Morgan fingerprint density at radius 3 is 3.00 bits per heavy atom. The van der Waals surface area contributed by atoms with E-state index < -0.39 is 0 Å². The van der Waals surface area contributed by atoms with Crippen molar-refractivity contribution < 1.29 is 9.59 Å². The quantitative estimate of drug-likeness (QED) is 0.674. The van der Waals surface area contributed by atoms with Crippen LogP contribution in [0, 0.1) is 0 Å². The molecule has 90 valence electrons. The van der Waals surface area contributed by atoms with E-state index >= 15 is 0 Å². The lowest BCUT2D eigenvalue weighted by atomic mass is 10.2. The summed E-state index contributed by atoms with van der Waals surface area (Å²) in [6.45, 7) is 2.39. The SMILES string of the molecule is CC1C(=O)NC(=O)CN1Cc1cccc(N)n1. The number of carbonyl (C=O) groups is 2. The Hall–Kier alpha value is -1.95. The van der Waals surface area contributed by atoms with Gasteiger partial charge in [0, 0.05) is 6.54 Å². The van der Waals surface area contributed by atoms with E-state index in [9.17, 15) is 9.59 Å². The molecule has 6 nitrogen and oxygen atoms in total. The number of anilines is 1. The number of imide groups is 1. The summed E-state index contributed by atoms with van der Waals surface area (Å²) >= 11 is 0. The molecule has 1 aromatic rings. The summed E-state index contributed by atoms with van der Waals surface area (Å²) in [4.78, 5) is 28.6. The Kier molecular flexibility index (Phi) is 3.06. The Morgan fingerprint density at radius 1 is 1.53 bits per heavy atom. The van der Waals surface area contributed by atoms with Crippen molar-refractivity contribution in [3.63, 3.8) is 0 Å². The molecule has 1 atom stereocenters. The summed E-state index contributed by atoms with van der Waals surface area (Å²) in [5.74, 6) is -0.120. The number of pyridine rings is 1. The van der Waals surface area contributed by atoms with Crippen LogP contribution >= 0.6 is 0 Å². The topological polar surface area (TPSA) is 88.3 Å². The van der Waals surface area contributed by atoms with E-state index in [0.29, 0.717) is 12.4 Å². The normalized spacial score (nSPS) is 21.4. The maximum atomic E-state index is 11.5. The van der Waals surface area contributed by atoms with E-state index in [0.717, 1.165) is 5.69 Å². The number of aromatic nitrogens is 1. The van der Waals surface area contributed by atoms with Crippen LogP contribution in [0.4, 0.5) is 5.82 Å². The number of nitrogen functional groups attached to an aromatic ring is 1. The van der Waals surface area contributed by atoms with Gasteiger partial charge >= 0.3 is 0 Å². The molecule has 3 N–H and O–H groups in total. The van der Waals surface area contributed by atoms with Crippen molar-refractivity contribution in [3.05, 3.63) is 23.9 Å². The molecule has 2 amide bonds. The molecule has 17 heavy (non-hydrogen) atoms. The van der Waals surface area contributed by atoms with Gasteiger partial charge in [0.15, 0.2) is 0 Å². The summed E-state index contributed by atoms with van der Waals surface area (Å²) in [5.41, 5.74) is 6.33. The number of amides is 2. The van der Waals surface area contributed by atoms with Gasteiger partial charge in [-0.3, -0.25) is 19.8 Å². The summed E-state index contributed by atoms with van der Waals surface area (Å²) in [6.07, 6.45) is 0. The Morgan fingerprint density at radius 2 is 2.29 bits per heavy atom. The monoisotopic (exact) mass is 234 g/mol. The molecule has 1 aromatic heterocycles. The Bertz CT molecular complexity index is 461. The first-order valence-corrected chi connectivity index (χ1v) is 5.35. The van der Waals surface area contributed by atoms with Crippen LogP contribution in [0.5, 0.6) is 0 Å². The highest BCUT2D eigenvalue weighted by Gasteiger charge is 2.30. The van der Waals surface area contributed by atoms with Crippen molar-refractivity contribution >= 4 is 17.6 Å². The zero-order chi connectivity index (χ0) is 12.4. The smallest absolute Gasteiger partial charge is 0.243 e. The van der Waals surface area contributed by atoms with Crippen LogP contribution in [0.25, 0.3) is 0 Å². The number of rotatable bonds is 2. The standard InChI is InChI=1S/C11H14N4O2/c1-7-11(17)14-10(16)6-15(7)5-8-3-2-4-9(12)13-8/h2-4,7H,5-6H2,1H3,(H2,12,13)(H,14,16,17). The van der Waals surface area contributed by atoms with Crippen LogP contribution < -0.4 is 11.1 Å². The molecule has 0 spiro atoms. The lowest BCUT2D eigenvalue weighted by Gasteiger charge is -2.31. The van der Waals surface area contributed by atoms with Crippen molar-refractivity contribution in [2.24, 2.45) is 0 Å². The second kappa shape index (κ2) is 4.50. The molecule has 1 aliphatic rings. The minimum Gasteiger partial charge on any atom is -0.384 e. The zero-order valence-electron chi connectivity index (χ0n) is 9.51. The molecule has 1 aliphatic heterocycles. The second-order valence-corrected chi connectivity index (χ2v) is 4.05. The van der Waals surface area contributed by atoms with E-state index in [4.69, 9.17) is 5.73 Å². The highest BCUT2D eigenvalue weighted by atomic mass is 16.2. The number of nitrogens with one attached hydrogen (secondary N) is 1. The minimum atomic E-state index is -0.337. The largest absolute Gasteiger partial charge is 0.384 e. The molecule has 1 unspecified atom stereocenters. The van der Waals surface area contributed by atoms with Gasteiger partial charge in [-0.1, -0.05) is 6.07 Å². The lowest BCUT2D eigenvalue weighted by molar-refractivity contribution is -0.139. The van der Waals surface area contributed by atoms with Gasteiger partial charge in [0.25, 0.3) is 0 Å². The third-order valence-corrected chi connectivity index (χ3v) is 2.73. The van der Waals surface area contributed by atoms with Gasteiger partial charge in [-0.15, -0.1) is 0 Å². The van der Waals surface area contributed by atoms with Gasteiger partial charge in [0.1, 0.15) is 5.82 Å². The van der Waals surface area contributed by atoms with E-state index in [1.54, 1.807) is 24.0 Å². The van der Waals surface area contributed by atoms with Crippen molar-refractivity contribution in [2.45, 2.75) is 19.5 Å². The fourth-order valence-corrected chi connectivity index (χ4v) is 1.76. The van der Waals surface area contributed by atoms with Crippen molar-refractivity contribution in [1.82, 2.24) is 15.2 Å². The third kappa shape index (κ3) is 2.59. The highest BCUT2D eigenvalue weighted by molar-refractivity contribution is 6.00. The molecule has 6 heteroatoms. The lowest BCUT2D eigenvalue weighted by Crippen LogP contribution is -2.56. The highest BCUT2D eigenvalue weighted by Crippen LogP contribution is 2.10. The molecular weight excluding hydrogens is 220 g/mol. The first kappa shape index (κ1) is 11.5. The molecule has 1 saturated heterocycles. The maximum absolute atomic E-state index is 11.5. The minimum absolute atomic E-state index is 0.198. The van der Waals surface area contributed by atoms with Crippen LogP contribution in [0.3, 0.4) is 0 Å². The van der Waals surface area contributed by atoms with Gasteiger partial charge < -0.3 is 5.73 Å². The molecule has 2 rings (SSSR count). The Labute approximate surface area is 98.8 Å². The molecule has 1 fully saturated rings. The van der Waals surface area contributed by atoms with Crippen LogP contribution in [0.1, 0.15) is 12.6 Å². The number of carbonyl (C=O) groups excluding carboxylic acids is 2. The fourth-order valence-electron chi connectivity index (χ4n) is 1.76. The van der Waals surface area contributed by atoms with Crippen molar-refractivity contribution in [3.8, 4) is 0 Å². The third-order valence-electron chi connectivity index (χ3n) is 2.73. The van der Waals surface area contributed by atoms with E-state index in [2.05, 4.69) is 10.3 Å². The molecule has 0 aliphatic carbocycles.